The van der Waals surface area contributed by atoms with Crippen molar-refractivity contribution in [1.29, 1.82) is 0 Å². The quantitative estimate of drug-likeness (QED) is 0.790. The van der Waals surface area contributed by atoms with Crippen molar-refractivity contribution in [3.05, 3.63) is 0 Å². The maximum atomic E-state index is 12.2. The number of hydrogen-bond acceptors (Lipinski definition) is 2. The maximum absolute atomic E-state index is 12.2. The zero-order chi connectivity index (χ0) is 11.8. The van der Waals surface area contributed by atoms with Gasteiger partial charge in [-0.15, -0.1) is 0 Å². The van der Waals surface area contributed by atoms with Gasteiger partial charge in [-0.3, -0.25) is 4.79 Å². The highest BCUT2D eigenvalue weighted by Gasteiger charge is 2.58. The first kappa shape index (κ1) is 11.8. The summed E-state index contributed by atoms with van der Waals surface area (Å²) in [4.78, 5) is 13.1. The fourth-order valence-electron chi connectivity index (χ4n) is 2.74. The van der Waals surface area contributed by atoms with E-state index in [1.54, 1.807) is 0 Å². The molecule has 0 aromatic heterocycles. The molecule has 1 aliphatic heterocycles. The van der Waals surface area contributed by atoms with Gasteiger partial charge in [0.25, 0.3) is 6.43 Å². The van der Waals surface area contributed by atoms with Gasteiger partial charge in [-0.25, -0.2) is 8.78 Å². The van der Waals surface area contributed by atoms with Crippen LogP contribution in [0, 0.1) is 11.3 Å². The molecule has 1 atom stereocenters. The first-order chi connectivity index (χ1) is 7.55. The number of hydrogen-bond donors (Lipinski definition) is 1. The molecule has 0 aromatic carbocycles. The van der Waals surface area contributed by atoms with Gasteiger partial charge in [0.1, 0.15) is 0 Å². The van der Waals surface area contributed by atoms with Crippen molar-refractivity contribution >= 4 is 5.91 Å². The molecule has 16 heavy (non-hydrogen) atoms. The molecule has 1 aliphatic carbocycles. The zero-order valence-corrected chi connectivity index (χ0v) is 9.51. The van der Waals surface area contributed by atoms with E-state index in [2.05, 4.69) is 5.32 Å². The Hall–Kier alpha value is -0.710. The third kappa shape index (κ3) is 2.19. The maximum Gasteiger partial charge on any atom is 0.255 e. The van der Waals surface area contributed by atoms with E-state index in [9.17, 15) is 13.6 Å². The Labute approximate surface area is 94.2 Å². The van der Waals surface area contributed by atoms with Crippen LogP contribution in [0.5, 0.6) is 0 Å². The Morgan fingerprint density at radius 3 is 2.69 bits per heavy atom. The average Bonchev–Trinajstić information content (AvgIpc) is 2.91. The molecular formula is C11H18F2N2O. The molecule has 0 radical (unpaired) electrons. The summed E-state index contributed by atoms with van der Waals surface area (Å²) in [5.74, 6) is -0.0967. The van der Waals surface area contributed by atoms with Crippen LogP contribution in [0.2, 0.25) is 0 Å². The molecule has 1 saturated carbocycles. The van der Waals surface area contributed by atoms with Crippen LogP contribution in [0.15, 0.2) is 0 Å². The smallest absolute Gasteiger partial charge is 0.255 e. The number of nitrogens with one attached hydrogen (secondary N) is 1. The van der Waals surface area contributed by atoms with Crippen LogP contribution in [-0.4, -0.2) is 43.9 Å². The van der Waals surface area contributed by atoms with Gasteiger partial charge in [-0.1, -0.05) is 0 Å². The van der Waals surface area contributed by atoms with Crippen LogP contribution < -0.4 is 5.32 Å². The summed E-state index contributed by atoms with van der Waals surface area (Å²) >= 11 is 0. The Kier molecular flexibility index (Phi) is 3.15. The summed E-state index contributed by atoms with van der Waals surface area (Å²) in [6.07, 6.45) is 0.468. The second kappa shape index (κ2) is 4.28. The van der Waals surface area contributed by atoms with Crippen molar-refractivity contribution < 1.29 is 13.6 Å². The standard InChI is InChI=1S/C11H18F2N2O/c1-15(7-9(12)13)10(16)8-6-11(8)2-4-14-5-3-11/h8-9,14H,2-7H2,1H3. The lowest BCUT2D eigenvalue weighted by molar-refractivity contribution is -0.134. The fourth-order valence-corrected chi connectivity index (χ4v) is 2.74. The second-order valence-electron chi connectivity index (χ2n) is 4.98. The molecule has 2 fully saturated rings. The topological polar surface area (TPSA) is 32.3 Å². The summed E-state index contributed by atoms with van der Waals surface area (Å²) in [5.41, 5.74) is 0.138. The van der Waals surface area contributed by atoms with Crippen molar-refractivity contribution in [2.24, 2.45) is 11.3 Å². The fraction of sp³-hybridized carbons (Fsp3) is 0.909. The normalized spacial score (nSPS) is 27.1. The minimum atomic E-state index is -2.43. The number of amides is 1. The van der Waals surface area contributed by atoms with Crippen molar-refractivity contribution in [2.45, 2.75) is 25.7 Å². The molecule has 5 heteroatoms. The molecule has 1 unspecified atom stereocenters. The molecule has 3 nitrogen and oxygen atoms in total. The lowest BCUT2D eigenvalue weighted by Crippen LogP contribution is -2.36. The first-order valence-electron chi connectivity index (χ1n) is 5.79. The number of rotatable bonds is 3. The highest BCUT2D eigenvalue weighted by molar-refractivity contribution is 5.82. The molecule has 1 heterocycles. The van der Waals surface area contributed by atoms with E-state index in [1.807, 2.05) is 0 Å². The van der Waals surface area contributed by atoms with E-state index >= 15 is 0 Å². The Morgan fingerprint density at radius 2 is 2.12 bits per heavy atom. The van der Waals surface area contributed by atoms with Crippen LogP contribution in [0.3, 0.4) is 0 Å². The van der Waals surface area contributed by atoms with Crippen molar-refractivity contribution in [3.8, 4) is 0 Å². The molecule has 0 aromatic rings. The van der Waals surface area contributed by atoms with E-state index in [0.29, 0.717) is 0 Å². The predicted octanol–water partition coefficient (Wildman–Crippen LogP) is 1.10. The van der Waals surface area contributed by atoms with Crippen LogP contribution in [0.1, 0.15) is 19.3 Å². The molecule has 1 amide bonds. The van der Waals surface area contributed by atoms with E-state index in [1.165, 1.54) is 11.9 Å². The van der Waals surface area contributed by atoms with Crippen LogP contribution in [0.25, 0.3) is 0 Å². The van der Waals surface area contributed by atoms with Crippen LogP contribution in [-0.2, 0) is 4.79 Å². The van der Waals surface area contributed by atoms with Crippen molar-refractivity contribution in [2.75, 3.05) is 26.7 Å². The third-order valence-corrected chi connectivity index (χ3v) is 3.88. The molecule has 1 N–H and O–H groups in total. The highest BCUT2D eigenvalue weighted by Crippen LogP contribution is 2.59. The number of carbonyl (C=O) groups excluding carboxylic acids is 1. The van der Waals surface area contributed by atoms with Gasteiger partial charge in [-0.05, 0) is 37.8 Å². The Morgan fingerprint density at radius 1 is 1.50 bits per heavy atom. The predicted molar refractivity (Wildman–Crippen MR) is 56.3 cm³/mol. The van der Waals surface area contributed by atoms with Crippen molar-refractivity contribution in [3.63, 3.8) is 0 Å². The lowest BCUT2D eigenvalue weighted by atomic mass is 9.91. The second-order valence-corrected chi connectivity index (χ2v) is 4.98. The minimum Gasteiger partial charge on any atom is -0.340 e. The van der Waals surface area contributed by atoms with E-state index < -0.39 is 13.0 Å². The van der Waals surface area contributed by atoms with Gasteiger partial charge in [0.15, 0.2) is 0 Å². The molecule has 92 valence electrons. The molecule has 2 aliphatic rings. The number of halogens is 2. The van der Waals surface area contributed by atoms with E-state index in [4.69, 9.17) is 0 Å². The minimum absolute atomic E-state index is 0.00153. The summed E-state index contributed by atoms with van der Waals surface area (Å²) < 4.78 is 24.3. The summed E-state index contributed by atoms with van der Waals surface area (Å²) in [6.45, 7) is 1.45. The Balaban J connectivity index is 1.88. The van der Waals surface area contributed by atoms with Gasteiger partial charge in [0.2, 0.25) is 5.91 Å². The lowest BCUT2D eigenvalue weighted by Gasteiger charge is -2.25. The summed E-state index contributed by atoms with van der Waals surface area (Å²) in [6, 6.07) is 0. The molecule has 0 bridgehead atoms. The molecule has 1 saturated heterocycles. The van der Waals surface area contributed by atoms with Crippen LogP contribution >= 0.6 is 0 Å². The number of carbonyl (C=O) groups is 1. The van der Waals surface area contributed by atoms with Gasteiger partial charge in [0.05, 0.1) is 6.54 Å². The van der Waals surface area contributed by atoms with Crippen molar-refractivity contribution in [1.82, 2.24) is 10.2 Å². The number of nitrogens with zero attached hydrogens (tertiary/aromatic N) is 1. The van der Waals surface area contributed by atoms with Gasteiger partial charge < -0.3 is 10.2 Å². The molecular weight excluding hydrogens is 214 g/mol. The molecule has 2 rings (SSSR count). The summed E-state index contributed by atoms with van der Waals surface area (Å²) in [7, 11) is 1.47. The largest absolute Gasteiger partial charge is 0.340 e. The van der Waals surface area contributed by atoms with E-state index in [-0.39, 0.29) is 17.2 Å². The van der Waals surface area contributed by atoms with E-state index in [0.717, 1.165) is 32.4 Å². The van der Waals surface area contributed by atoms with Gasteiger partial charge in [-0.2, -0.15) is 0 Å². The third-order valence-electron chi connectivity index (χ3n) is 3.88. The monoisotopic (exact) mass is 232 g/mol. The summed E-state index contributed by atoms with van der Waals surface area (Å²) in [5, 5.41) is 3.26. The van der Waals surface area contributed by atoms with Crippen LogP contribution in [0.4, 0.5) is 8.78 Å². The number of alkyl halides is 2. The highest BCUT2D eigenvalue weighted by atomic mass is 19.3. The first-order valence-corrected chi connectivity index (χ1v) is 5.79. The number of piperidine rings is 1. The Bertz CT molecular complexity index is 277. The molecule has 1 spiro atoms. The van der Waals surface area contributed by atoms with Gasteiger partial charge >= 0.3 is 0 Å². The van der Waals surface area contributed by atoms with Gasteiger partial charge in [0, 0.05) is 13.0 Å². The zero-order valence-electron chi connectivity index (χ0n) is 9.51. The average molecular weight is 232 g/mol. The SMILES string of the molecule is CN(CC(F)F)C(=O)C1CC12CCNCC2.